The van der Waals surface area contributed by atoms with E-state index in [9.17, 15) is 4.79 Å². The van der Waals surface area contributed by atoms with Gasteiger partial charge in [0.05, 0.1) is 17.8 Å². The van der Waals surface area contributed by atoms with Gasteiger partial charge in [-0.05, 0) is 46.4 Å². The zero-order valence-corrected chi connectivity index (χ0v) is 11.1. The molecule has 1 amide bonds. The number of rotatable bonds is 4. The predicted octanol–water partition coefficient (Wildman–Crippen LogP) is 1.81. The zero-order chi connectivity index (χ0) is 12.1. The largest absolute Gasteiger partial charge is 0.493 e. The highest BCUT2D eigenvalue weighted by Gasteiger charge is 2.08. The molecule has 0 saturated carbocycles. The molecule has 0 unspecified atom stereocenters. The van der Waals surface area contributed by atoms with Crippen LogP contribution in [0.1, 0.15) is 5.56 Å². The van der Waals surface area contributed by atoms with Gasteiger partial charge >= 0.3 is 0 Å². The van der Waals surface area contributed by atoms with Crippen molar-refractivity contribution in [3.05, 3.63) is 27.3 Å². The molecule has 5 heteroatoms. The Morgan fingerprint density at radius 1 is 1.38 bits per heavy atom. The fraction of sp³-hybridized carbons (Fsp3) is 0.182. The molecular weight excluding hydrogens is 321 g/mol. The molecule has 16 heavy (non-hydrogen) atoms. The van der Waals surface area contributed by atoms with Gasteiger partial charge in [-0.15, -0.1) is 0 Å². The number of hydrogen-bond acceptors (Lipinski definition) is 3. The van der Waals surface area contributed by atoms with E-state index in [2.05, 4.69) is 22.6 Å². The lowest BCUT2D eigenvalue weighted by atomic mass is 10.2. The summed E-state index contributed by atoms with van der Waals surface area (Å²) in [5.74, 6) is 0.822. The smallest absolute Gasteiger partial charge is 0.241 e. The summed E-state index contributed by atoms with van der Waals surface area (Å²) in [7, 11) is 3.15. The lowest BCUT2D eigenvalue weighted by molar-refractivity contribution is -0.113. The van der Waals surface area contributed by atoms with Gasteiger partial charge < -0.3 is 15.2 Å². The number of nitrogens with two attached hydrogens (primary N) is 1. The molecule has 0 heterocycles. The van der Waals surface area contributed by atoms with Gasteiger partial charge in [-0.2, -0.15) is 0 Å². The number of ether oxygens (including phenoxy) is 2. The number of primary amides is 1. The van der Waals surface area contributed by atoms with Crippen molar-refractivity contribution in [1.29, 1.82) is 0 Å². The molecule has 0 aliphatic carbocycles. The van der Waals surface area contributed by atoms with Crippen molar-refractivity contribution in [2.75, 3.05) is 14.2 Å². The predicted molar refractivity (Wildman–Crippen MR) is 70.5 cm³/mol. The molecule has 0 radical (unpaired) electrons. The van der Waals surface area contributed by atoms with E-state index >= 15 is 0 Å². The highest BCUT2D eigenvalue weighted by atomic mass is 127. The summed E-state index contributed by atoms with van der Waals surface area (Å²) in [6, 6.07) is 3.65. The third kappa shape index (κ3) is 3.13. The van der Waals surface area contributed by atoms with E-state index < -0.39 is 5.91 Å². The fourth-order valence-electron chi connectivity index (χ4n) is 1.21. The molecule has 0 aliphatic heterocycles. The lowest BCUT2D eigenvalue weighted by Gasteiger charge is -2.10. The number of halogens is 1. The maximum atomic E-state index is 10.6. The molecule has 0 aromatic heterocycles. The van der Waals surface area contributed by atoms with Crippen LogP contribution in [0.2, 0.25) is 0 Å². The van der Waals surface area contributed by atoms with Crippen molar-refractivity contribution >= 4 is 34.6 Å². The first kappa shape index (κ1) is 12.8. The van der Waals surface area contributed by atoms with Crippen LogP contribution in [0.4, 0.5) is 0 Å². The van der Waals surface area contributed by atoms with Crippen molar-refractivity contribution in [2.24, 2.45) is 5.73 Å². The number of carbonyl (C=O) groups excluding carboxylic acids is 1. The number of hydrogen-bond donors (Lipinski definition) is 1. The summed E-state index contributed by atoms with van der Waals surface area (Å²) < 4.78 is 11.3. The van der Waals surface area contributed by atoms with Gasteiger partial charge in [0.2, 0.25) is 5.91 Å². The van der Waals surface area contributed by atoms with Crippen LogP contribution in [0.15, 0.2) is 18.2 Å². The molecule has 0 spiro atoms. The minimum atomic E-state index is -0.482. The van der Waals surface area contributed by atoms with Crippen LogP contribution in [0.3, 0.4) is 0 Å². The maximum absolute atomic E-state index is 10.6. The summed E-state index contributed by atoms with van der Waals surface area (Å²) >= 11 is 2.14. The van der Waals surface area contributed by atoms with E-state index in [0.29, 0.717) is 11.5 Å². The number of amides is 1. The van der Waals surface area contributed by atoms with Gasteiger partial charge in [0.25, 0.3) is 0 Å². The van der Waals surface area contributed by atoms with E-state index in [4.69, 9.17) is 15.2 Å². The Balaban J connectivity index is 3.15. The number of carbonyl (C=O) groups is 1. The van der Waals surface area contributed by atoms with Gasteiger partial charge in [0.1, 0.15) is 0 Å². The van der Waals surface area contributed by atoms with Crippen LogP contribution in [0.5, 0.6) is 11.5 Å². The SMILES string of the molecule is COc1cc(/C=C\C(N)=O)cc(I)c1OC. The number of benzene rings is 1. The van der Waals surface area contributed by atoms with Gasteiger partial charge in [-0.3, -0.25) is 4.79 Å². The second-order valence-electron chi connectivity index (χ2n) is 2.97. The first-order chi connectivity index (χ1) is 7.58. The second kappa shape index (κ2) is 5.74. The highest BCUT2D eigenvalue weighted by Crippen LogP contribution is 2.33. The first-order valence-electron chi connectivity index (χ1n) is 4.47. The molecule has 1 aromatic carbocycles. The summed E-state index contributed by atoms with van der Waals surface area (Å²) in [4.78, 5) is 10.6. The molecular formula is C11H12INO3. The van der Waals surface area contributed by atoms with Crippen molar-refractivity contribution in [3.8, 4) is 11.5 Å². The third-order valence-corrected chi connectivity index (χ3v) is 2.70. The Labute approximate surface area is 108 Å². The quantitative estimate of drug-likeness (QED) is 0.675. The van der Waals surface area contributed by atoms with E-state index in [1.165, 1.54) is 6.08 Å². The monoisotopic (exact) mass is 333 g/mol. The maximum Gasteiger partial charge on any atom is 0.241 e. The Bertz CT molecular complexity index is 429. The van der Waals surface area contributed by atoms with Gasteiger partial charge in [0, 0.05) is 6.08 Å². The highest BCUT2D eigenvalue weighted by molar-refractivity contribution is 14.1. The molecule has 0 fully saturated rings. The number of methoxy groups -OCH3 is 2. The first-order valence-corrected chi connectivity index (χ1v) is 5.55. The van der Waals surface area contributed by atoms with E-state index in [1.54, 1.807) is 26.4 Å². The molecule has 4 nitrogen and oxygen atoms in total. The molecule has 0 bridgehead atoms. The summed E-state index contributed by atoms with van der Waals surface area (Å²) in [5.41, 5.74) is 5.86. The van der Waals surface area contributed by atoms with Gasteiger partial charge in [-0.1, -0.05) is 0 Å². The average molecular weight is 333 g/mol. The van der Waals surface area contributed by atoms with E-state index in [0.717, 1.165) is 9.13 Å². The van der Waals surface area contributed by atoms with Crippen LogP contribution >= 0.6 is 22.6 Å². The molecule has 0 saturated heterocycles. The van der Waals surface area contributed by atoms with Crippen LogP contribution < -0.4 is 15.2 Å². The average Bonchev–Trinajstić information content (AvgIpc) is 2.25. The lowest BCUT2D eigenvalue weighted by Crippen LogP contribution is -2.05. The minimum absolute atomic E-state index is 0.482. The second-order valence-corrected chi connectivity index (χ2v) is 4.14. The molecule has 0 aliphatic rings. The standard InChI is InChI=1S/C11H12INO3/c1-15-9-6-7(3-4-10(13)14)5-8(12)11(9)16-2/h3-6H,1-2H3,(H2,13,14)/b4-3-. The van der Waals surface area contributed by atoms with Crippen LogP contribution in [-0.4, -0.2) is 20.1 Å². The summed E-state index contributed by atoms with van der Waals surface area (Å²) in [6.07, 6.45) is 2.93. The van der Waals surface area contributed by atoms with E-state index in [1.807, 2.05) is 6.07 Å². The van der Waals surface area contributed by atoms with Gasteiger partial charge in [-0.25, -0.2) is 0 Å². The summed E-state index contributed by atoms with van der Waals surface area (Å²) in [5, 5.41) is 0. The molecule has 2 N–H and O–H groups in total. The van der Waals surface area contributed by atoms with Crippen LogP contribution in [0.25, 0.3) is 6.08 Å². The Morgan fingerprint density at radius 3 is 2.56 bits per heavy atom. The van der Waals surface area contributed by atoms with Crippen molar-refractivity contribution in [3.63, 3.8) is 0 Å². The molecule has 0 atom stereocenters. The van der Waals surface area contributed by atoms with Crippen LogP contribution in [0, 0.1) is 3.57 Å². The Hall–Kier alpha value is -1.24. The minimum Gasteiger partial charge on any atom is -0.493 e. The zero-order valence-electron chi connectivity index (χ0n) is 8.99. The fourth-order valence-corrected chi connectivity index (χ4v) is 2.06. The molecule has 1 aromatic rings. The van der Waals surface area contributed by atoms with Gasteiger partial charge in [0.15, 0.2) is 11.5 Å². The van der Waals surface area contributed by atoms with E-state index in [-0.39, 0.29) is 0 Å². The Morgan fingerprint density at radius 2 is 2.06 bits per heavy atom. The summed E-state index contributed by atoms with van der Waals surface area (Å²) in [6.45, 7) is 0. The van der Waals surface area contributed by atoms with Crippen molar-refractivity contribution in [1.82, 2.24) is 0 Å². The van der Waals surface area contributed by atoms with Crippen LogP contribution in [-0.2, 0) is 4.79 Å². The molecule has 1 rings (SSSR count). The van der Waals surface area contributed by atoms with Crippen molar-refractivity contribution in [2.45, 2.75) is 0 Å². The topological polar surface area (TPSA) is 61.5 Å². The van der Waals surface area contributed by atoms with Crippen molar-refractivity contribution < 1.29 is 14.3 Å². The third-order valence-electron chi connectivity index (χ3n) is 1.90. The Kier molecular flexibility index (Phi) is 4.60. The normalized spacial score (nSPS) is 10.4. The molecule has 86 valence electrons.